The number of aromatic nitrogens is 4. The third-order valence-corrected chi connectivity index (χ3v) is 6.51. The Balaban J connectivity index is 1.75. The van der Waals surface area contributed by atoms with Gasteiger partial charge in [0, 0.05) is 18.7 Å². The highest BCUT2D eigenvalue weighted by atomic mass is 35.5. The summed E-state index contributed by atoms with van der Waals surface area (Å²) < 4.78 is 56.6. The quantitative estimate of drug-likeness (QED) is 0.347. The van der Waals surface area contributed by atoms with Crippen LogP contribution in [-0.2, 0) is 16.6 Å². The molecule has 0 saturated heterocycles. The van der Waals surface area contributed by atoms with Gasteiger partial charge in [0.1, 0.15) is 17.5 Å². The van der Waals surface area contributed by atoms with Crippen LogP contribution >= 0.6 is 11.6 Å². The lowest BCUT2D eigenvalue weighted by molar-refractivity contribution is 0.584. The van der Waals surface area contributed by atoms with Gasteiger partial charge in [-0.1, -0.05) is 29.8 Å². The van der Waals surface area contributed by atoms with E-state index in [1.54, 1.807) is 42.5 Å². The van der Waals surface area contributed by atoms with Crippen molar-refractivity contribution in [2.24, 2.45) is 0 Å². The van der Waals surface area contributed by atoms with Crippen molar-refractivity contribution < 1.29 is 17.2 Å². The van der Waals surface area contributed by atoms with Crippen molar-refractivity contribution in [2.75, 3.05) is 6.26 Å². The Morgan fingerprint density at radius 1 is 1.00 bits per heavy atom. The lowest BCUT2D eigenvalue weighted by Gasteiger charge is -2.12. The molecule has 0 fully saturated rings. The van der Waals surface area contributed by atoms with Gasteiger partial charge in [-0.25, -0.2) is 26.9 Å². The first-order valence-electron chi connectivity index (χ1n) is 10.9. The minimum absolute atomic E-state index is 0.00528. The molecule has 0 spiro atoms. The van der Waals surface area contributed by atoms with Crippen molar-refractivity contribution in [3.8, 4) is 22.9 Å². The maximum atomic E-state index is 14.9. The van der Waals surface area contributed by atoms with Gasteiger partial charge in [0.25, 0.3) is 5.56 Å². The van der Waals surface area contributed by atoms with Gasteiger partial charge in [-0.2, -0.15) is 4.68 Å². The van der Waals surface area contributed by atoms with E-state index < -0.39 is 27.2 Å². The standard InChI is InChI=1S/C25H18ClF2N5O3S/c1-37(35,36)29-14-15-6-9-22-20(12-15)30-25(17-8-7-16(27)13-19(17)28)32(22)23-10-11-24(34)33(31-23)21-5-3-2-4-18(21)26/h2-13,29H,14H2,1H3. The molecule has 0 amide bonds. The number of hydrogen-bond acceptors (Lipinski definition) is 5. The molecule has 0 bridgehead atoms. The molecule has 37 heavy (non-hydrogen) atoms. The minimum atomic E-state index is -3.43. The summed E-state index contributed by atoms with van der Waals surface area (Å²) in [5, 5.41) is 4.78. The van der Waals surface area contributed by atoms with Gasteiger partial charge in [0.05, 0.1) is 33.6 Å². The number of rotatable bonds is 6. The van der Waals surface area contributed by atoms with Gasteiger partial charge in [-0.15, -0.1) is 5.10 Å². The number of halogens is 3. The van der Waals surface area contributed by atoms with Crippen LogP contribution in [0.4, 0.5) is 8.78 Å². The number of benzene rings is 3. The average molecular weight is 542 g/mol. The summed E-state index contributed by atoms with van der Waals surface area (Å²) >= 11 is 6.29. The summed E-state index contributed by atoms with van der Waals surface area (Å²) in [4.78, 5) is 17.2. The Kier molecular flexibility index (Phi) is 6.36. The fourth-order valence-electron chi connectivity index (χ4n) is 3.85. The summed E-state index contributed by atoms with van der Waals surface area (Å²) in [5.41, 5.74) is 1.44. The fourth-order valence-corrected chi connectivity index (χ4v) is 4.50. The molecule has 8 nitrogen and oxygen atoms in total. The third kappa shape index (κ3) is 5.01. The molecule has 0 saturated carbocycles. The first-order chi connectivity index (χ1) is 17.6. The molecule has 0 aliphatic carbocycles. The second-order valence-electron chi connectivity index (χ2n) is 8.20. The lowest BCUT2D eigenvalue weighted by atomic mass is 10.2. The topological polar surface area (TPSA) is 98.9 Å². The van der Waals surface area contributed by atoms with Crippen LogP contribution in [0.25, 0.3) is 33.9 Å². The predicted molar refractivity (Wildman–Crippen MR) is 137 cm³/mol. The average Bonchev–Trinajstić information content (AvgIpc) is 3.21. The van der Waals surface area contributed by atoms with Crippen molar-refractivity contribution in [2.45, 2.75) is 6.54 Å². The Morgan fingerprint density at radius 3 is 2.51 bits per heavy atom. The number of fused-ring (bicyclic) bond motifs is 1. The van der Waals surface area contributed by atoms with Crippen molar-refractivity contribution in [1.29, 1.82) is 0 Å². The molecule has 188 valence electrons. The van der Waals surface area contributed by atoms with Gasteiger partial charge >= 0.3 is 0 Å². The van der Waals surface area contributed by atoms with E-state index in [1.165, 1.54) is 22.8 Å². The number of sulfonamides is 1. The van der Waals surface area contributed by atoms with Crippen molar-refractivity contribution in [3.05, 3.63) is 105 Å². The SMILES string of the molecule is CS(=O)(=O)NCc1ccc2c(c1)nc(-c1ccc(F)cc1F)n2-c1ccc(=O)n(-c2ccccc2Cl)n1. The third-order valence-electron chi connectivity index (χ3n) is 5.53. The number of nitrogens with one attached hydrogen (secondary N) is 1. The van der Waals surface area contributed by atoms with Gasteiger partial charge in [-0.3, -0.25) is 9.36 Å². The molecular formula is C25H18ClF2N5O3S. The number of imidazole rings is 1. The first kappa shape index (κ1) is 24.8. The Hall–Kier alpha value is -3.93. The maximum absolute atomic E-state index is 14.9. The molecule has 5 rings (SSSR count). The molecule has 0 atom stereocenters. The normalized spacial score (nSPS) is 11.8. The molecule has 3 aromatic carbocycles. The minimum Gasteiger partial charge on any atom is -0.275 e. The number of nitrogens with zero attached hydrogens (tertiary/aromatic N) is 4. The van der Waals surface area contributed by atoms with Crippen LogP contribution in [0.15, 0.2) is 77.6 Å². The zero-order chi connectivity index (χ0) is 26.3. The smallest absolute Gasteiger partial charge is 0.271 e. The zero-order valence-electron chi connectivity index (χ0n) is 19.2. The van der Waals surface area contributed by atoms with E-state index >= 15 is 0 Å². The second-order valence-corrected chi connectivity index (χ2v) is 10.4. The summed E-state index contributed by atoms with van der Waals surface area (Å²) in [6.45, 7) is 0.0253. The molecule has 2 heterocycles. The highest BCUT2D eigenvalue weighted by Gasteiger charge is 2.20. The molecule has 0 aliphatic rings. The predicted octanol–water partition coefficient (Wildman–Crippen LogP) is 4.22. The number of para-hydroxylation sites is 1. The highest BCUT2D eigenvalue weighted by molar-refractivity contribution is 7.88. The van der Waals surface area contributed by atoms with Crippen LogP contribution in [-0.4, -0.2) is 34.0 Å². The zero-order valence-corrected chi connectivity index (χ0v) is 20.8. The maximum Gasteiger partial charge on any atom is 0.271 e. The molecular weight excluding hydrogens is 524 g/mol. The van der Waals surface area contributed by atoms with Crippen LogP contribution in [0, 0.1) is 11.6 Å². The summed E-state index contributed by atoms with van der Waals surface area (Å²) in [7, 11) is -3.43. The van der Waals surface area contributed by atoms with Crippen molar-refractivity contribution in [1.82, 2.24) is 24.1 Å². The Bertz CT molecular complexity index is 1840. The number of hydrogen-bond donors (Lipinski definition) is 1. The molecule has 5 aromatic rings. The van der Waals surface area contributed by atoms with Crippen LogP contribution in [0.2, 0.25) is 5.02 Å². The Morgan fingerprint density at radius 2 is 1.78 bits per heavy atom. The van der Waals surface area contributed by atoms with Gasteiger partial charge in [0.15, 0.2) is 5.82 Å². The fraction of sp³-hybridized carbons (Fsp3) is 0.0800. The van der Waals surface area contributed by atoms with Crippen LogP contribution < -0.4 is 10.3 Å². The first-order valence-corrected chi connectivity index (χ1v) is 13.1. The van der Waals surface area contributed by atoms with Gasteiger partial charge in [-0.05, 0) is 48.0 Å². The van der Waals surface area contributed by atoms with E-state index in [9.17, 15) is 22.0 Å². The molecule has 2 aromatic heterocycles. The summed E-state index contributed by atoms with van der Waals surface area (Å²) in [6, 6.07) is 17.6. The van der Waals surface area contributed by atoms with E-state index in [-0.39, 0.29) is 23.8 Å². The van der Waals surface area contributed by atoms with E-state index in [1.807, 2.05) is 0 Å². The monoisotopic (exact) mass is 541 g/mol. The molecule has 0 aliphatic heterocycles. The molecule has 1 N–H and O–H groups in total. The van der Waals surface area contributed by atoms with Crippen LogP contribution in [0.3, 0.4) is 0 Å². The van der Waals surface area contributed by atoms with Crippen molar-refractivity contribution in [3.63, 3.8) is 0 Å². The van der Waals surface area contributed by atoms with Crippen LogP contribution in [0.5, 0.6) is 0 Å². The second kappa shape index (κ2) is 9.51. The summed E-state index contributed by atoms with van der Waals surface area (Å²) in [6.07, 6.45) is 1.05. The van der Waals surface area contributed by atoms with Crippen molar-refractivity contribution >= 4 is 32.7 Å². The van der Waals surface area contributed by atoms with E-state index in [0.29, 0.717) is 27.3 Å². The molecule has 0 radical (unpaired) electrons. The largest absolute Gasteiger partial charge is 0.275 e. The molecule has 12 heteroatoms. The lowest BCUT2D eigenvalue weighted by Crippen LogP contribution is -2.22. The van der Waals surface area contributed by atoms with E-state index in [2.05, 4.69) is 14.8 Å². The summed E-state index contributed by atoms with van der Waals surface area (Å²) in [5.74, 6) is -1.25. The van der Waals surface area contributed by atoms with Gasteiger partial charge in [0.2, 0.25) is 10.0 Å². The van der Waals surface area contributed by atoms with E-state index in [0.717, 1.165) is 23.1 Å². The highest BCUT2D eigenvalue weighted by Crippen LogP contribution is 2.30. The van der Waals surface area contributed by atoms with Gasteiger partial charge < -0.3 is 0 Å². The Labute approximate surface area is 214 Å². The van der Waals surface area contributed by atoms with Crippen LogP contribution in [0.1, 0.15) is 5.56 Å². The van der Waals surface area contributed by atoms with E-state index in [4.69, 9.17) is 11.6 Å². The molecule has 0 unspecified atom stereocenters.